The SMILES string of the molecule is CC1(C)c2cc(N3CCC(N4CCOCC4)CC3)ccc2C(=O)c2c1[nH]c1nc(C#N)ccc21. The van der Waals surface area contributed by atoms with Gasteiger partial charge in [0.25, 0.3) is 0 Å². The fraction of sp³-hybridized carbons (Fsp3) is 0.444. The summed E-state index contributed by atoms with van der Waals surface area (Å²) in [5.74, 6) is 0.0275. The van der Waals surface area contributed by atoms with E-state index in [0.29, 0.717) is 22.9 Å². The lowest BCUT2D eigenvalue weighted by Gasteiger charge is -2.41. The highest BCUT2D eigenvalue weighted by Gasteiger charge is 2.40. The predicted molar refractivity (Wildman–Crippen MR) is 130 cm³/mol. The van der Waals surface area contributed by atoms with Crippen LogP contribution in [0.15, 0.2) is 30.3 Å². The summed E-state index contributed by atoms with van der Waals surface area (Å²) >= 11 is 0. The number of nitrogens with one attached hydrogen (secondary N) is 1. The highest BCUT2D eigenvalue weighted by molar-refractivity contribution is 6.19. The molecule has 1 aromatic carbocycles. The third kappa shape index (κ3) is 3.24. The number of aromatic amines is 1. The molecule has 0 bridgehead atoms. The van der Waals surface area contributed by atoms with Crippen LogP contribution in [-0.4, -0.2) is 66.1 Å². The number of hydrogen-bond acceptors (Lipinski definition) is 6. The highest BCUT2D eigenvalue weighted by Crippen LogP contribution is 2.44. The van der Waals surface area contributed by atoms with E-state index >= 15 is 0 Å². The number of hydrogen-bond donors (Lipinski definition) is 1. The van der Waals surface area contributed by atoms with Crippen molar-refractivity contribution in [2.24, 2.45) is 0 Å². The van der Waals surface area contributed by atoms with E-state index in [9.17, 15) is 10.1 Å². The molecule has 2 aromatic heterocycles. The van der Waals surface area contributed by atoms with Crippen LogP contribution >= 0.6 is 0 Å². The number of H-pyrrole nitrogens is 1. The topological polar surface area (TPSA) is 85.2 Å². The monoisotopic (exact) mass is 455 g/mol. The molecule has 3 aliphatic rings. The van der Waals surface area contributed by atoms with Gasteiger partial charge in [-0.25, -0.2) is 4.98 Å². The molecule has 6 rings (SSSR count). The normalized spacial score (nSPS) is 20.7. The van der Waals surface area contributed by atoms with Gasteiger partial charge in [0.05, 0.1) is 18.8 Å². The molecule has 0 amide bonds. The van der Waals surface area contributed by atoms with E-state index in [1.165, 1.54) is 5.69 Å². The first-order valence-electron chi connectivity index (χ1n) is 12.2. The van der Waals surface area contributed by atoms with E-state index < -0.39 is 0 Å². The quantitative estimate of drug-likeness (QED) is 0.636. The number of fused-ring (bicyclic) bond motifs is 4. The predicted octanol–water partition coefficient (Wildman–Crippen LogP) is 3.61. The zero-order valence-corrected chi connectivity index (χ0v) is 19.7. The van der Waals surface area contributed by atoms with Crippen LogP contribution in [0.2, 0.25) is 0 Å². The number of benzene rings is 1. The molecule has 174 valence electrons. The van der Waals surface area contributed by atoms with Crippen LogP contribution in [0.5, 0.6) is 0 Å². The molecule has 0 spiro atoms. The average Bonchev–Trinajstić information content (AvgIpc) is 3.28. The number of morpholine rings is 1. The van der Waals surface area contributed by atoms with Gasteiger partial charge < -0.3 is 14.6 Å². The molecule has 1 N–H and O–H groups in total. The standard InChI is InChI=1S/C27H29N5O2/c1-27(2)22-15-19(31-9-7-18(8-10-31)32-11-13-34-14-12-32)4-6-20(22)24(33)23-21-5-3-17(16-28)29-26(21)30-25(23)27/h3-6,15,18H,7-14H2,1-2H3,(H,29,30). The minimum absolute atomic E-state index is 0.0275. The Morgan fingerprint density at radius 1 is 1.12 bits per heavy atom. The summed E-state index contributed by atoms with van der Waals surface area (Å²) in [4.78, 5) is 26.4. The molecular weight excluding hydrogens is 426 g/mol. The fourth-order valence-corrected chi connectivity index (χ4v) is 5.98. The number of pyridine rings is 1. The van der Waals surface area contributed by atoms with Gasteiger partial charge in [-0.15, -0.1) is 0 Å². The van der Waals surface area contributed by atoms with Gasteiger partial charge in [0.2, 0.25) is 0 Å². The second kappa shape index (κ2) is 7.93. The Kier molecular flexibility index (Phi) is 4.98. The zero-order valence-electron chi connectivity index (χ0n) is 19.7. The van der Waals surface area contributed by atoms with Crippen LogP contribution in [-0.2, 0) is 10.2 Å². The van der Waals surface area contributed by atoms with Crippen LogP contribution in [0.1, 0.15) is 59.6 Å². The third-order valence-corrected chi connectivity index (χ3v) is 7.94. The van der Waals surface area contributed by atoms with Crippen LogP contribution < -0.4 is 4.90 Å². The van der Waals surface area contributed by atoms with Gasteiger partial charge in [-0.2, -0.15) is 5.26 Å². The van der Waals surface area contributed by atoms with Crippen molar-refractivity contribution < 1.29 is 9.53 Å². The number of ether oxygens (including phenoxy) is 1. The Morgan fingerprint density at radius 3 is 2.62 bits per heavy atom. The van der Waals surface area contributed by atoms with Crippen LogP contribution in [0.4, 0.5) is 5.69 Å². The van der Waals surface area contributed by atoms with Crippen molar-refractivity contribution in [3.8, 4) is 6.07 Å². The number of rotatable bonds is 2. The number of nitriles is 1. The molecule has 0 radical (unpaired) electrons. The minimum atomic E-state index is -0.381. The first-order valence-corrected chi connectivity index (χ1v) is 12.2. The highest BCUT2D eigenvalue weighted by atomic mass is 16.5. The Hall–Kier alpha value is -3.21. The summed E-state index contributed by atoms with van der Waals surface area (Å²) in [5, 5.41) is 10.0. The van der Waals surface area contributed by atoms with Gasteiger partial charge in [-0.1, -0.05) is 13.8 Å². The number of carbonyl (C=O) groups excluding carboxylic acids is 1. The lowest BCUT2D eigenvalue weighted by molar-refractivity contribution is 0.0115. The molecular formula is C27H29N5O2. The van der Waals surface area contributed by atoms with Crippen molar-refractivity contribution in [2.45, 2.75) is 38.1 Å². The molecule has 2 aliphatic heterocycles. The average molecular weight is 456 g/mol. The van der Waals surface area contributed by atoms with Crippen molar-refractivity contribution in [1.29, 1.82) is 5.26 Å². The zero-order chi connectivity index (χ0) is 23.4. The summed E-state index contributed by atoms with van der Waals surface area (Å²) in [6.07, 6.45) is 2.30. The third-order valence-electron chi connectivity index (χ3n) is 7.94. The molecule has 4 heterocycles. The number of carbonyl (C=O) groups is 1. The smallest absolute Gasteiger partial charge is 0.195 e. The molecule has 1 aliphatic carbocycles. The van der Waals surface area contributed by atoms with Gasteiger partial charge in [0.15, 0.2) is 5.78 Å². The molecule has 0 atom stereocenters. The van der Waals surface area contributed by atoms with E-state index in [2.05, 4.69) is 51.8 Å². The Balaban J connectivity index is 1.31. The molecule has 7 heteroatoms. The maximum absolute atomic E-state index is 13.6. The Labute approximate surface area is 199 Å². The van der Waals surface area contributed by atoms with Gasteiger partial charge in [-0.3, -0.25) is 9.69 Å². The van der Waals surface area contributed by atoms with Crippen molar-refractivity contribution in [2.75, 3.05) is 44.3 Å². The molecule has 0 unspecified atom stereocenters. The summed E-state index contributed by atoms with van der Waals surface area (Å²) < 4.78 is 5.52. The van der Waals surface area contributed by atoms with E-state index in [1.807, 2.05) is 12.1 Å². The van der Waals surface area contributed by atoms with Gasteiger partial charge >= 0.3 is 0 Å². The van der Waals surface area contributed by atoms with Gasteiger partial charge in [-0.05, 0) is 48.7 Å². The number of piperidine rings is 1. The second-order valence-electron chi connectivity index (χ2n) is 10.1. The number of nitrogens with zero attached hydrogens (tertiary/aromatic N) is 4. The van der Waals surface area contributed by atoms with Crippen molar-refractivity contribution in [1.82, 2.24) is 14.9 Å². The van der Waals surface area contributed by atoms with Crippen LogP contribution in [0, 0.1) is 11.3 Å². The molecule has 7 nitrogen and oxygen atoms in total. The van der Waals surface area contributed by atoms with Crippen LogP contribution in [0.3, 0.4) is 0 Å². The summed E-state index contributed by atoms with van der Waals surface area (Å²) in [5.41, 5.74) is 5.12. The lowest BCUT2D eigenvalue weighted by Crippen LogP contribution is -2.49. The first-order chi connectivity index (χ1) is 16.5. The lowest BCUT2D eigenvalue weighted by atomic mass is 9.71. The molecule has 34 heavy (non-hydrogen) atoms. The van der Waals surface area contributed by atoms with Crippen molar-refractivity contribution >= 4 is 22.5 Å². The van der Waals surface area contributed by atoms with Gasteiger partial charge in [0, 0.05) is 60.0 Å². The van der Waals surface area contributed by atoms with E-state index in [4.69, 9.17) is 4.74 Å². The Bertz CT molecular complexity index is 1320. The van der Waals surface area contributed by atoms with Crippen LogP contribution in [0.25, 0.3) is 11.0 Å². The summed E-state index contributed by atoms with van der Waals surface area (Å²) in [6.45, 7) is 10.1. The number of anilines is 1. The van der Waals surface area contributed by atoms with Crippen molar-refractivity contribution in [3.63, 3.8) is 0 Å². The maximum atomic E-state index is 13.6. The van der Waals surface area contributed by atoms with E-state index in [-0.39, 0.29) is 11.2 Å². The molecule has 0 saturated carbocycles. The summed E-state index contributed by atoms with van der Waals surface area (Å²) in [6, 6.07) is 12.6. The minimum Gasteiger partial charge on any atom is -0.379 e. The molecule has 2 saturated heterocycles. The maximum Gasteiger partial charge on any atom is 0.195 e. The Morgan fingerprint density at radius 2 is 1.88 bits per heavy atom. The molecule has 3 aromatic rings. The van der Waals surface area contributed by atoms with Crippen molar-refractivity contribution in [3.05, 3.63) is 58.4 Å². The first kappa shape index (κ1) is 21.3. The van der Waals surface area contributed by atoms with E-state index in [0.717, 1.165) is 74.4 Å². The number of aromatic nitrogens is 2. The van der Waals surface area contributed by atoms with E-state index in [1.54, 1.807) is 6.07 Å². The fourth-order valence-electron chi connectivity index (χ4n) is 5.98. The summed E-state index contributed by atoms with van der Waals surface area (Å²) in [7, 11) is 0. The molecule has 2 fully saturated rings. The second-order valence-corrected chi connectivity index (χ2v) is 10.1. The largest absolute Gasteiger partial charge is 0.379 e. The number of ketones is 1. The van der Waals surface area contributed by atoms with Gasteiger partial charge in [0.1, 0.15) is 17.4 Å².